The van der Waals surface area contributed by atoms with Gasteiger partial charge >= 0.3 is 126 Å². The van der Waals surface area contributed by atoms with Crippen molar-refractivity contribution in [2.75, 3.05) is 0 Å². The van der Waals surface area contributed by atoms with Gasteiger partial charge in [-0.15, -0.1) is 18.2 Å². The van der Waals surface area contributed by atoms with Crippen LogP contribution >= 0.6 is 0 Å². The van der Waals surface area contributed by atoms with Gasteiger partial charge in [0, 0.05) is 37.7 Å². The number of benzene rings is 3. The number of fused-ring (bicyclic) bond motifs is 4. The monoisotopic (exact) mass is 847 g/mol. The molecule has 0 saturated carbocycles. The Kier molecular flexibility index (Phi) is 10.3. The Morgan fingerprint density at radius 3 is 2.35 bits per heavy atom. The summed E-state index contributed by atoms with van der Waals surface area (Å²) in [5, 5.41) is 2.05. The maximum absolute atomic E-state index is 6.07. The predicted octanol–water partition coefficient (Wildman–Crippen LogP) is 9.67. The van der Waals surface area contributed by atoms with Crippen molar-refractivity contribution in [3.8, 4) is 22.6 Å². The first-order chi connectivity index (χ1) is 21.6. The van der Waals surface area contributed by atoms with Gasteiger partial charge in [-0.05, 0) is 38.1 Å². The average molecular weight is 846 g/mol. The molecule has 0 fully saturated rings. The van der Waals surface area contributed by atoms with E-state index < -0.39 is 13.3 Å². The molecular weight excluding hydrogens is 805 g/mol. The molecule has 0 aliphatic rings. The van der Waals surface area contributed by atoms with Gasteiger partial charge in [-0.25, -0.2) is 4.98 Å². The number of furan rings is 1. The SMILES string of the molecule is CC(C)Cc1cc(-c2[c-]cccc2)nc[c]1[Ge]([CH3])([CH3])[CH3].CC(C)n1c(-c2[c-]ccc3c2oc2ncccc23)nc2ccccc21.[Ir]. The molecule has 4 heterocycles. The number of hydrogen-bond donors (Lipinski definition) is 0. The Morgan fingerprint density at radius 2 is 1.63 bits per heavy atom. The van der Waals surface area contributed by atoms with E-state index in [2.05, 4.69) is 91.0 Å². The molecule has 0 saturated heterocycles. The fourth-order valence-electron chi connectivity index (χ4n) is 5.97. The second-order valence-corrected chi connectivity index (χ2v) is 23.9. The summed E-state index contributed by atoms with van der Waals surface area (Å²) >= 11 is -1.86. The van der Waals surface area contributed by atoms with Crippen molar-refractivity contribution in [1.82, 2.24) is 19.5 Å². The molecule has 7 aromatic rings. The third-order valence-electron chi connectivity index (χ3n) is 7.96. The minimum atomic E-state index is -1.86. The van der Waals surface area contributed by atoms with E-state index in [0.717, 1.165) is 56.5 Å². The number of aromatic nitrogens is 4. The number of para-hydroxylation sites is 2. The summed E-state index contributed by atoms with van der Waals surface area (Å²) in [6.45, 7) is 8.90. The van der Waals surface area contributed by atoms with Crippen LogP contribution in [0.4, 0.5) is 0 Å². The van der Waals surface area contributed by atoms with Crippen LogP contribution < -0.4 is 4.40 Å². The van der Waals surface area contributed by atoms with Crippen molar-refractivity contribution in [3.63, 3.8) is 0 Å². The topological polar surface area (TPSA) is 56.7 Å². The largest absolute Gasteiger partial charge is 0.486 e. The molecular formula is C39H40GeIrN4O-2. The standard InChI is InChI=1S/C21H16N3O.C18H24GeN.Ir/c1-13(2)24-18-11-4-3-10-17(18)23-20(24)16-8-5-7-14-15-9-6-12-22-21(15)25-19(14)16;1-14(2)11-16-12-18(15-9-7-6-8-10-15)20-13-17(16)19(3,4)5;/h3-7,9-13H,1-2H3;6-9,12-14H,11H2,1-5H3;/q2*-1;. The Bertz CT molecular complexity index is 2090. The molecule has 0 spiro atoms. The Balaban J connectivity index is 0.000000182. The fourth-order valence-corrected chi connectivity index (χ4v) is 9.30. The van der Waals surface area contributed by atoms with Crippen LogP contribution in [0.2, 0.25) is 17.3 Å². The summed E-state index contributed by atoms with van der Waals surface area (Å²) in [6.07, 6.45) is 5.02. The van der Waals surface area contributed by atoms with E-state index in [1.54, 1.807) is 10.6 Å². The van der Waals surface area contributed by atoms with E-state index in [4.69, 9.17) is 14.4 Å². The molecule has 0 N–H and O–H groups in total. The van der Waals surface area contributed by atoms with E-state index in [-0.39, 0.29) is 26.1 Å². The second kappa shape index (κ2) is 14.0. The number of pyridine rings is 2. The zero-order chi connectivity index (χ0) is 31.7. The molecule has 0 aliphatic carbocycles. The Morgan fingerprint density at radius 1 is 0.848 bits per heavy atom. The molecule has 0 atom stereocenters. The van der Waals surface area contributed by atoms with Crippen LogP contribution in [0.5, 0.6) is 0 Å². The average Bonchev–Trinajstić information content (AvgIpc) is 3.60. The summed E-state index contributed by atoms with van der Waals surface area (Å²) in [5.41, 5.74) is 8.04. The van der Waals surface area contributed by atoms with Gasteiger partial charge in [0.05, 0.1) is 22.4 Å². The summed E-state index contributed by atoms with van der Waals surface area (Å²) in [4.78, 5) is 13.9. The van der Waals surface area contributed by atoms with Gasteiger partial charge < -0.3 is 8.98 Å². The van der Waals surface area contributed by atoms with Crippen LogP contribution in [0.25, 0.3) is 55.7 Å². The zero-order valence-electron chi connectivity index (χ0n) is 27.6. The molecule has 7 heteroatoms. The first-order valence-electron chi connectivity index (χ1n) is 15.7. The number of nitrogens with zero attached hydrogens (tertiary/aromatic N) is 4. The van der Waals surface area contributed by atoms with E-state index in [0.29, 0.717) is 11.6 Å². The van der Waals surface area contributed by atoms with Gasteiger partial charge in [0.25, 0.3) is 0 Å². The maximum atomic E-state index is 6.07. The molecule has 7 rings (SSSR count). The molecule has 5 nitrogen and oxygen atoms in total. The van der Waals surface area contributed by atoms with Crippen molar-refractivity contribution < 1.29 is 24.5 Å². The van der Waals surface area contributed by atoms with Crippen LogP contribution in [0.15, 0.2) is 95.7 Å². The van der Waals surface area contributed by atoms with E-state index >= 15 is 0 Å². The molecule has 237 valence electrons. The van der Waals surface area contributed by atoms with Gasteiger partial charge in [-0.2, -0.15) is 0 Å². The summed E-state index contributed by atoms with van der Waals surface area (Å²) in [6, 6.07) is 33.4. The summed E-state index contributed by atoms with van der Waals surface area (Å²) in [5.74, 6) is 8.87. The smallest absolute Gasteiger partial charge is 0.216 e. The molecule has 4 aromatic heterocycles. The molecule has 3 aromatic carbocycles. The van der Waals surface area contributed by atoms with Crippen molar-refractivity contribution in [1.29, 1.82) is 0 Å². The molecule has 46 heavy (non-hydrogen) atoms. The van der Waals surface area contributed by atoms with Gasteiger partial charge in [0.2, 0.25) is 5.71 Å². The first-order valence-corrected chi connectivity index (χ1v) is 23.1. The maximum Gasteiger partial charge on any atom is 0.216 e. The third-order valence-corrected chi connectivity index (χ3v) is 12.3. The van der Waals surface area contributed by atoms with Gasteiger partial charge in [0.15, 0.2) is 0 Å². The summed E-state index contributed by atoms with van der Waals surface area (Å²) in [7, 11) is 0. The van der Waals surface area contributed by atoms with Gasteiger partial charge in [0.1, 0.15) is 0 Å². The zero-order valence-corrected chi connectivity index (χ0v) is 32.0. The second-order valence-electron chi connectivity index (χ2n) is 13.3. The van der Waals surface area contributed by atoms with Gasteiger partial charge in [-0.1, -0.05) is 23.1 Å². The Labute approximate surface area is 288 Å². The molecule has 0 amide bonds. The fraction of sp³-hybridized carbons (Fsp3) is 0.256. The van der Waals surface area contributed by atoms with Crippen molar-refractivity contribution in [3.05, 3.63) is 109 Å². The Hall–Kier alpha value is -3.58. The van der Waals surface area contributed by atoms with E-state index in [1.165, 1.54) is 5.56 Å². The van der Waals surface area contributed by atoms with Crippen LogP contribution in [-0.4, -0.2) is 32.8 Å². The quantitative estimate of drug-likeness (QED) is 0.124. The molecule has 1 radical (unpaired) electrons. The van der Waals surface area contributed by atoms with Gasteiger partial charge in [-0.3, -0.25) is 4.98 Å². The molecule has 0 unspecified atom stereocenters. The number of rotatable bonds is 6. The van der Waals surface area contributed by atoms with E-state index in [9.17, 15) is 0 Å². The first kappa shape index (κ1) is 33.8. The molecule has 0 bridgehead atoms. The number of imidazole rings is 1. The minimum absolute atomic E-state index is 0. The predicted molar refractivity (Wildman–Crippen MR) is 189 cm³/mol. The normalized spacial score (nSPS) is 11.7. The van der Waals surface area contributed by atoms with E-state index in [1.807, 2.05) is 60.7 Å². The third kappa shape index (κ3) is 6.90. The van der Waals surface area contributed by atoms with Crippen LogP contribution in [0.1, 0.15) is 39.3 Å². The summed E-state index contributed by atoms with van der Waals surface area (Å²) < 4.78 is 9.85. The van der Waals surface area contributed by atoms with Crippen LogP contribution in [-0.2, 0) is 26.5 Å². The van der Waals surface area contributed by atoms with Crippen LogP contribution in [0.3, 0.4) is 0 Å². The van der Waals surface area contributed by atoms with Crippen molar-refractivity contribution in [2.45, 2.75) is 57.4 Å². The van der Waals surface area contributed by atoms with Crippen molar-refractivity contribution in [2.24, 2.45) is 5.92 Å². The molecule has 0 aliphatic heterocycles. The minimum Gasteiger partial charge on any atom is -0.486 e. The van der Waals surface area contributed by atoms with Crippen molar-refractivity contribution >= 4 is 50.8 Å². The van der Waals surface area contributed by atoms with Crippen LogP contribution in [0, 0.1) is 18.1 Å². The number of hydrogen-bond acceptors (Lipinski definition) is 4.